The molecule has 2 N–H and O–H groups in total. The Kier molecular flexibility index (Phi) is 7.02. The molecule has 1 aromatic carbocycles. The van der Waals surface area contributed by atoms with Gasteiger partial charge in [0.15, 0.2) is 0 Å². The van der Waals surface area contributed by atoms with Crippen LogP contribution in [0.5, 0.6) is 0 Å². The number of carbonyl (C=O) groups is 1. The standard InChI is InChI=1S/C32H25IN4O2S/c1-32(2)18-25-16-27-21(12-13-40-33)14-28(37-27)30(19-4-6-20(7-5-19)31(38)39-3)26-11-10-23(35-26)15-22-8-9-24(34-22)17-29(32)36-25/h4-11,14-17,34,37H,18H2,1-3H3. The molecule has 2 aliphatic heterocycles. The van der Waals surface area contributed by atoms with Crippen LogP contribution in [0, 0.1) is 11.2 Å². The predicted octanol–water partition coefficient (Wildman–Crippen LogP) is 7.85. The average molecular weight is 657 g/mol. The van der Waals surface area contributed by atoms with E-state index >= 15 is 0 Å². The van der Waals surface area contributed by atoms with Crippen LogP contribution in [0.3, 0.4) is 0 Å². The van der Waals surface area contributed by atoms with Gasteiger partial charge in [-0.1, -0.05) is 31.9 Å². The maximum atomic E-state index is 12.1. The average Bonchev–Trinajstić information content (AvgIpc) is 3.72. The third-order valence-electron chi connectivity index (χ3n) is 7.07. The molecule has 5 heterocycles. The second kappa shape index (κ2) is 10.6. The minimum Gasteiger partial charge on any atom is -0.465 e. The minimum absolute atomic E-state index is 0.103. The lowest BCUT2D eigenvalue weighted by Crippen LogP contribution is -2.14. The van der Waals surface area contributed by atoms with Crippen molar-refractivity contribution in [1.82, 2.24) is 19.9 Å². The Balaban J connectivity index is 1.70. The number of H-pyrrole nitrogens is 2. The molecule has 8 bridgehead atoms. The summed E-state index contributed by atoms with van der Waals surface area (Å²) in [5.41, 5.74) is 10.5. The van der Waals surface area contributed by atoms with E-state index in [0.29, 0.717) is 5.56 Å². The van der Waals surface area contributed by atoms with Gasteiger partial charge in [-0.05, 0) is 80.4 Å². The molecule has 0 spiro atoms. The Labute approximate surface area is 248 Å². The lowest BCUT2D eigenvalue weighted by Gasteiger charge is -2.15. The minimum atomic E-state index is -0.373. The van der Waals surface area contributed by atoms with E-state index in [9.17, 15) is 4.79 Å². The largest absolute Gasteiger partial charge is 0.465 e. The number of ether oxygens (including phenoxy) is 1. The smallest absolute Gasteiger partial charge is 0.337 e. The predicted molar refractivity (Wildman–Crippen MR) is 172 cm³/mol. The first-order valence-electron chi connectivity index (χ1n) is 12.7. The molecule has 0 fully saturated rings. The Bertz CT molecular complexity index is 1910. The third kappa shape index (κ3) is 5.19. The van der Waals surface area contributed by atoms with Crippen LogP contribution >= 0.6 is 30.1 Å². The lowest BCUT2D eigenvalue weighted by molar-refractivity contribution is 0.0600. The number of aromatic amines is 2. The molecule has 0 amide bonds. The van der Waals surface area contributed by atoms with Gasteiger partial charge in [0.25, 0.3) is 0 Å². The number of nitrogens with zero attached hydrogens (tertiary/aromatic N) is 2. The summed E-state index contributed by atoms with van der Waals surface area (Å²) >= 11 is 2.18. The lowest BCUT2D eigenvalue weighted by atomic mass is 9.87. The van der Waals surface area contributed by atoms with Crippen molar-refractivity contribution in [3.8, 4) is 22.3 Å². The van der Waals surface area contributed by atoms with Gasteiger partial charge >= 0.3 is 5.97 Å². The van der Waals surface area contributed by atoms with Crippen molar-refractivity contribution in [2.45, 2.75) is 25.7 Å². The Morgan fingerprint density at radius 1 is 0.975 bits per heavy atom. The van der Waals surface area contributed by atoms with Gasteiger partial charge in [-0.3, -0.25) is 4.98 Å². The van der Waals surface area contributed by atoms with Gasteiger partial charge in [0.05, 0.1) is 35.1 Å². The highest BCUT2D eigenvalue weighted by atomic mass is 127. The first-order chi connectivity index (χ1) is 19.3. The fourth-order valence-corrected chi connectivity index (χ4v) is 5.58. The van der Waals surface area contributed by atoms with Gasteiger partial charge in [-0.2, -0.15) is 0 Å². The Hall–Kier alpha value is -3.81. The maximum Gasteiger partial charge on any atom is 0.337 e. The summed E-state index contributed by atoms with van der Waals surface area (Å²) in [7, 11) is 2.83. The molecular formula is C32H25IN4O2S. The van der Waals surface area contributed by atoms with E-state index in [1.165, 1.54) is 16.0 Å². The summed E-state index contributed by atoms with van der Waals surface area (Å²) in [6, 6.07) is 19.9. The van der Waals surface area contributed by atoms with Crippen LogP contribution in [-0.2, 0) is 16.6 Å². The zero-order valence-electron chi connectivity index (χ0n) is 22.1. The molecule has 2 aliphatic rings. The number of benzene rings is 1. The van der Waals surface area contributed by atoms with E-state index in [2.05, 4.69) is 86.5 Å². The number of hydrogen-bond donors (Lipinski definition) is 2. The summed E-state index contributed by atoms with van der Waals surface area (Å²) in [4.78, 5) is 29.2. The first-order valence-corrected chi connectivity index (χ1v) is 16.1. The van der Waals surface area contributed by atoms with Crippen molar-refractivity contribution in [2.24, 2.45) is 0 Å². The van der Waals surface area contributed by atoms with E-state index in [1.54, 1.807) is 12.1 Å². The number of methoxy groups -OCH3 is 1. The van der Waals surface area contributed by atoms with E-state index < -0.39 is 0 Å². The van der Waals surface area contributed by atoms with Crippen molar-refractivity contribution in [3.63, 3.8) is 0 Å². The van der Waals surface area contributed by atoms with Crippen molar-refractivity contribution in [2.75, 3.05) is 7.11 Å². The molecule has 0 saturated heterocycles. The Morgan fingerprint density at radius 2 is 1.75 bits per heavy atom. The summed E-state index contributed by atoms with van der Waals surface area (Å²) < 4.78 is 4.90. The maximum absolute atomic E-state index is 12.1. The van der Waals surface area contributed by atoms with Gasteiger partial charge < -0.3 is 14.7 Å². The fourth-order valence-electron chi connectivity index (χ4n) is 5.10. The highest BCUT2D eigenvalue weighted by molar-refractivity contribution is 14.2. The van der Waals surface area contributed by atoms with Gasteiger partial charge in [-0.25, -0.2) is 9.78 Å². The number of rotatable bonds is 2. The molecule has 4 aromatic rings. The molecule has 0 unspecified atom stereocenters. The number of hydrogen-bond acceptors (Lipinski definition) is 5. The fraction of sp³-hybridized carbons (Fsp3) is 0.156. The SMILES string of the molecule is COC(=O)c1ccc(-c2c3nc(cc4ccc(cc5nc(cc6[nH]c2cc6C#CSI)CC5(C)C)[nH]4)C=C3)cc1. The molecule has 8 heteroatoms. The number of esters is 1. The zero-order chi connectivity index (χ0) is 27.9. The molecule has 0 aliphatic carbocycles. The number of carbonyl (C=O) groups excluding carboxylic acids is 1. The second-order valence-corrected chi connectivity index (χ2v) is 12.0. The van der Waals surface area contributed by atoms with Crippen molar-refractivity contribution >= 4 is 70.3 Å². The van der Waals surface area contributed by atoms with Crippen LogP contribution in [0.15, 0.2) is 60.7 Å². The van der Waals surface area contributed by atoms with E-state index in [0.717, 1.165) is 68.0 Å². The van der Waals surface area contributed by atoms with Crippen LogP contribution in [0.4, 0.5) is 0 Å². The quantitative estimate of drug-likeness (QED) is 0.115. The van der Waals surface area contributed by atoms with E-state index in [4.69, 9.17) is 14.7 Å². The van der Waals surface area contributed by atoms with Crippen molar-refractivity contribution < 1.29 is 9.53 Å². The van der Waals surface area contributed by atoms with Gasteiger partial charge in [0, 0.05) is 66.5 Å². The normalized spacial score (nSPS) is 13.5. The van der Waals surface area contributed by atoms with Gasteiger partial charge in [0.2, 0.25) is 0 Å². The molecule has 0 radical (unpaired) electrons. The van der Waals surface area contributed by atoms with Crippen molar-refractivity contribution in [3.05, 3.63) is 94.6 Å². The Morgan fingerprint density at radius 3 is 2.50 bits per heavy atom. The molecule has 40 heavy (non-hydrogen) atoms. The van der Waals surface area contributed by atoms with E-state index in [-0.39, 0.29) is 11.4 Å². The van der Waals surface area contributed by atoms with Gasteiger partial charge in [0.1, 0.15) is 0 Å². The van der Waals surface area contributed by atoms with Crippen LogP contribution < -0.4 is 0 Å². The summed E-state index contributed by atoms with van der Waals surface area (Å²) in [6.07, 6.45) is 4.85. The van der Waals surface area contributed by atoms with Crippen LogP contribution in [0.25, 0.3) is 45.3 Å². The number of aromatic nitrogens is 4. The van der Waals surface area contributed by atoms with Crippen molar-refractivity contribution in [1.29, 1.82) is 0 Å². The number of nitrogens with one attached hydrogen (secondary N) is 2. The molecule has 6 nitrogen and oxygen atoms in total. The molecular weight excluding hydrogens is 631 g/mol. The third-order valence-corrected chi connectivity index (χ3v) is 7.91. The van der Waals surface area contributed by atoms with Crippen LogP contribution in [-0.4, -0.2) is 33.0 Å². The summed E-state index contributed by atoms with van der Waals surface area (Å²) in [6.45, 7) is 4.44. The molecule has 3 aromatic heterocycles. The van der Waals surface area contributed by atoms with Crippen LogP contribution in [0.2, 0.25) is 0 Å². The highest BCUT2D eigenvalue weighted by Crippen LogP contribution is 2.33. The zero-order valence-corrected chi connectivity index (χ0v) is 25.1. The van der Waals surface area contributed by atoms with Crippen LogP contribution in [0.1, 0.15) is 52.5 Å². The monoisotopic (exact) mass is 656 g/mol. The number of halogens is 1. The first kappa shape index (κ1) is 26.4. The molecule has 6 rings (SSSR count). The molecule has 0 atom stereocenters. The van der Waals surface area contributed by atoms with E-state index in [1.807, 2.05) is 30.4 Å². The second-order valence-electron chi connectivity index (χ2n) is 10.4. The topological polar surface area (TPSA) is 83.7 Å². The summed E-state index contributed by atoms with van der Waals surface area (Å²) in [5.74, 6) is 2.93. The van der Waals surface area contributed by atoms with Gasteiger partial charge in [-0.15, -0.1) is 0 Å². The number of fused-ring (bicyclic) bond motifs is 8. The summed E-state index contributed by atoms with van der Waals surface area (Å²) in [5, 5.41) is 3.13. The molecule has 0 saturated carbocycles. The molecule has 198 valence electrons. The highest BCUT2D eigenvalue weighted by Gasteiger charge is 2.28.